The van der Waals surface area contributed by atoms with Crippen LogP contribution in [0.3, 0.4) is 0 Å². The molecule has 0 saturated heterocycles. The molecule has 5 nitrogen and oxygen atoms in total. The maximum atomic E-state index is 11.3. The van der Waals surface area contributed by atoms with Gasteiger partial charge >= 0.3 is 5.97 Å². The Kier molecular flexibility index (Phi) is 6.70. The minimum atomic E-state index is -0.989. The molecule has 1 amide bonds. The summed E-state index contributed by atoms with van der Waals surface area (Å²) in [6.07, 6.45) is 1.83. The van der Waals surface area contributed by atoms with Crippen molar-refractivity contribution in [3.63, 3.8) is 0 Å². The van der Waals surface area contributed by atoms with Gasteiger partial charge in [0.2, 0.25) is 5.91 Å². The zero-order chi connectivity index (χ0) is 11.8. The average Bonchev–Trinajstić information content (AvgIpc) is 2.13. The quantitative estimate of drug-likeness (QED) is 0.535. The van der Waals surface area contributed by atoms with Crippen LogP contribution in [0.1, 0.15) is 33.1 Å². The van der Waals surface area contributed by atoms with Crippen molar-refractivity contribution in [1.29, 1.82) is 0 Å². The van der Waals surface area contributed by atoms with Gasteiger partial charge in [0.05, 0.1) is 0 Å². The Labute approximate surface area is 90.0 Å². The van der Waals surface area contributed by atoms with Crippen LogP contribution < -0.4 is 11.1 Å². The van der Waals surface area contributed by atoms with E-state index in [1.54, 1.807) is 13.8 Å². The maximum Gasteiger partial charge on any atom is 0.326 e. The fourth-order valence-corrected chi connectivity index (χ4v) is 1.19. The normalized spacial score (nSPS) is 12.5. The van der Waals surface area contributed by atoms with Crippen molar-refractivity contribution in [2.75, 3.05) is 6.54 Å². The molecule has 0 aromatic rings. The van der Waals surface area contributed by atoms with E-state index < -0.39 is 12.0 Å². The Morgan fingerprint density at radius 1 is 1.33 bits per heavy atom. The van der Waals surface area contributed by atoms with Crippen LogP contribution in [0.15, 0.2) is 0 Å². The van der Waals surface area contributed by atoms with E-state index in [9.17, 15) is 9.59 Å². The molecule has 0 fully saturated rings. The maximum absolute atomic E-state index is 11.3. The Hall–Kier alpha value is -1.10. The van der Waals surface area contributed by atoms with Crippen LogP contribution in [0.2, 0.25) is 0 Å². The van der Waals surface area contributed by atoms with Crippen molar-refractivity contribution < 1.29 is 14.7 Å². The van der Waals surface area contributed by atoms with E-state index in [2.05, 4.69) is 5.32 Å². The molecule has 0 aliphatic carbocycles. The zero-order valence-electron chi connectivity index (χ0n) is 9.32. The summed E-state index contributed by atoms with van der Waals surface area (Å²) in [6.45, 7) is 4.08. The SMILES string of the molecule is CC(C)C(NC(=O)CCCCN)C(=O)O. The topological polar surface area (TPSA) is 92.4 Å². The Morgan fingerprint density at radius 2 is 1.93 bits per heavy atom. The standard InChI is InChI=1S/C10H20N2O3/c1-7(2)9(10(14)15)12-8(13)5-3-4-6-11/h7,9H,3-6,11H2,1-2H3,(H,12,13)(H,14,15). The van der Waals surface area contributed by atoms with Crippen LogP contribution in [-0.4, -0.2) is 29.6 Å². The third-order valence-electron chi connectivity index (χ3n) is 2.11. The van der Waals surface area contributed by atoms with Gasteiger partial charge in [-0.3, -0.25) is 4.79 Å². The van der Waals surface area contributed by atoms with Gasteiger partial charge in [0.1, 0.15) is 6.04 Å². The number of unbranched alkanes of at least 4 members (excludes halogenated alkanes) is 1. The number of hydrogen-bond donors (Lipinski definition) is 3. The van der Waals surface area contributed by atoms with Gasteiger partial charge in [-0.05, 0) is 25.3 Å². The molecule has 0 saturated carbocycles. The second-order valence-corrected chi connectivity index (χ2v) is 3.87. The van der Waals surface area contributed by atoms with Crippen molar-refractivity contribution in [2.45, 2.75) is 39.2 Å². The van der Waals surface area contributed by atoms with Crippen LogP contribution >= 0.6 is 0 Å². The molecule has 0 aromatic carbocycles. The van der Waals surface area contributed by atoms with Crippen molar-refractivity contribution in [1.82, 2.24) is 5.32 Å². The first-order valence-electron chi connectivity index (χ1n) is 5.21. The van der Waals surface area contributed by atoms with Crippen molar-refractivity contribution >= 4 is 11.9 Å². The molecule has 0 aromatic heterocycles. The summed E-state index contributed by atoms with van der Waals surface area (Å²) < 4.78 is 0. The van der Waals surface area contributed by atoms with E-state index in [-0.39, 0.29) is 11.8 Å². The number of aliphatic carboxylic acids is 1. The molecule has 0 aliphatic rings. The van der Waals surface area contributed by atoms with Crippen LogP contribution in [-0.2, 0) is 9.59 Å². The molecule has 0 radical (unpaired) electrons. The molecule has 1 atom stereocenters. The lowest BCUT2D eigenvalue weighted by Gasteiger charge is -2.17. The minimum Gasteiger partial charge on any atom is -0.480 e. The highest BCUT2D eigenvalue weighted by molar-refractivity contribution is 5.83. The smallest absolute Gasteiger partial charge is 0.326 e. The molecule has 0 heterocycles. The van der Waals surface area contributed by atoms with Gasteiger partial charge in [0.15, 0.2) is 0 Å². The first-order valence-corrected chi connectivity index (χ1v) is 5.21. The summed E-state index contributed by atoms with van der Waals surface area (Å²) in [5.74, 6) is -1.32. The van der Waals surface area contributed by atoms with Crippen LogP contribution in [0.4, 0.5) is 0 Å². The van der Waals surface area contributed by atoms with E-state index >= 15 is 0 Å². The van der Waals surface area contributed by atoms with Crippen LogP contribution in [0.5, 0.6) is 0 Å². The number of rotatable bonds is 7. The Balaban J connectivity index is 3.95. The van der Waals surface area contributed by atoms with Gasteiger partial charge in [-0.15, -0.1) is 0 Å². The fraction of sp³-hybridized carbons (Fsp3) is 0.800. The number of nitrogens with two attached hydrogens (primary N) is 1. The van der Waals surface area contributed by atoms with E-state index in [0.29, 0.717) is 19.4 Å². The first kappa shape index (κ1) is 13.9. The summed E-state index contributed by atoms with van der Waals surface area (Å²) in [6, 6.07) is -0.796. The molecule has 88 valence electrons. The fourth-order valence-electron chi connectivity index (χ4n) is 1.19. The monoisotopic (exact) mass is 216 g/mol. The molecule has 5 heteroatoms. The summed E-state index contributed by atoms with van der Waals surface area (Å²) in [7, 11) is 0. The van der Waals surface area contributed by atoms with Gasteiger partial charge in [0.25, 0.3) is 0 Å². The zero-order valence-corrected chi connectivity index (χ0v) is 9.32. The second kappa shape index (κ2) is 7.23. The Morgan fingerprint density at radius 3 is 2.33 bits per heavy atom. The van der Waals surface area contributed by atoms with Crippen LogP contribution in [0.25, 0.3) is 0 Å². The first-order chi connectivity index (χ1) is 6.99. The molecule has 0 aliphatic heterocycles. The van der Waals surface area contributed by atoms with Gasteiger partial charge in [0, 0.05) is 6.42 Å². The van der Waals surface area contributed by atoms with Gasteiger partial charge < -0.3 is 16.2 Å². The third kappa shape index (κ3) is 6.06. The number of carboxylic acids is 1. The molecular formula is C10H20N2O3. The average molecular weight is 216 g/mol. The summed E-state index contributed by atoms with van der Waals surface area (Å²) in [5.41, 5.74) is 5.29. The molecule has 0 rings (SSSR count). The lowest BCUT2D eigenvalue weighted by molar-refractivity contribution is -0.143. The van der Waals surface area contributed by atoms with Gasteiger partial charge in [-0.2, -0.15) is 0 Å². The van der Waals surface area contributed by atoms with Crippen LogP contribution in [0, 0.1) is 5.92 Å². The number of hydrogen-bond acceptors (Lipinski definition) is 3. The van der Waals surface area contributed by atoms with Crippen molar-refractivity contribution in [3.05, 3.63) is 0 Å². The van der Waals surface area contributed by atoms with E-state index in [1.165, 1.54) is 0 Å². The Bertz CT molecular complexity index is 217. The van der Waals surface area contributed by atoms with Crippen molar-refractivity contribution in [3.8, 4) is 0 Å². The molecule has 4 N–H and O–H groups in total. The highest BCUT2D eigenvalue weighted by atomic mass is 16.4. The van der Waals surface area contributed by atoms with Gasteiger partial charge in [-0.1, -0.05) is 13.8 Å². The number of nitrogens with one attached hydrogen (secondary N) is 1. The predicted molar refractivity (Wildman–Crippen MR) is 57.3 cm³/mol. The summed E-state index contributed by atoms with van der Waals surface area (Å²) >= 11 is 0. The number of amides is 1. The largest absolute Gasteiger partial charge is 0.480 e. The predicted octanol–water partition coefficient (Wildman–Crippen LogP) is 0.341. The van der Waals surface area contributed by atoms with Gasteiger partial charge in [-0.25, -0.2) is 4.79 Å². The summed E-state index contributed by atoms with van der Waals surface area (Å²) in [5, 5.41) is 11.3. The van der Waals surface area contributed by atoms with E-state index in [1.807, 2.05) is 0 Å². The second-order valence-electron chi connectivity index (χ2n) is 3.87. The highest BCUT2D eigenvalue weighted by Crippen LogP contribution is 2.03. The number of carbonyl (C=O) groups excluding carboxylic acids is 1. The lowest BCUT2D eigenvalue weighted by Crippen LogP contribution is -2.44. The molecule has 0 bridgehead atoms. The summed E-state index contributed by atoms with van der Waals surface area (Å²) in [4.78, 5) is 22.1. The molecule has 1 unspecified atom stereocenters. The molecular weight excluding hydrogens is 196 g/mol. The third-order valence-corrected chi connectivity index (χ3v) is 2.11. The van der Waals surface area contributed by atoms with E-state index in [4.69, 9.17) is 10.8 Å². The highest BCUT2D eigenvalue weighted by Gasteiger charge is 2.22. The number of carbonyl (C=O) groups is 2. The van der Waals surface area contributed by atoms with Crippen molar-refractivity contribution in [2.24, 2.45) is 11.7 Å². The molecule has 15 heavy (non-hydrogen) atoms. The van der Waals surface area contributed by atoms with E-state index in [0.717, 1.165) is 6.42 Å². The number of carboxylic acid groups (broad SMARTS) is 1. The molecule has 0 spiro atoms. The lowest BCUT2D eigenvalue weighted by atomic mass is 10.0. The minimum absolute atomic E-state index is 0.110.